The highest BCUT2D eigenvalue weighted by molar-refractivity contribution is 5.93. The number of aryl methyl sites for hydroxylation is 1. The van der Waals surface area contributed by atoms with Crippen molar-refractivity contribution in [3.05, 3.63) is 35.5 Å². The van der Waals surface area contributed by atoms with Crippen LogP contribution in [-0.4, -0.2) is 36.4 Å². The van der Waals surface area contributed by atoms with E-state index in [0.717, 1.165) is 36.0 Å². The second kappa shape index (κ2) is 4.72. The Morgan fingerprint density at radius 1 is 1.29 bits per heavy atom. The molecule has 2 aromatic rings. The van der Waals surface area contributed by atoms with E-state index in [-0.39, 0.29) is 0 Å². The zero-order chi connectivity index (χ0) is 12.4. The molecule has 1 aromatic heterocycles. The summed E-state index contributed by atoms with van der Waals surface area (Å²) >= 11 is 0. The van der Waals surface area contributed by atoms with Gasteiger partial charge in [0.05, 0.1) is 5.69 Å². The number of hydrogen-bond donors (Lipinski definition) is 0. The van der Waals surface area contributed by atoms with Crippen LogP contribution in [0.1, 0.15) is 16.1 Å². The van der Waals surface area contributed by atoms with E-state index in [0.29, 0.717) is 0 Å². The summed E-state index contributed by atoms with van der Waals surface area (Å²) in [6, 6.07) is 8.18. The summed E-state index contributed by atoms with van der Waals surface area (Å²) in [5, 5.41) is 1.19. The Kier molecular flexibility index (Phi) is 3.29. The predicted octanol–water partition coefficient (Wildman–Crippen LogP) is 2.09. The molecule has 3 nitrogen and oxygen atoms in total. The van der Waals surface area contributed by atoms with Gasteiger partial charge in [0, 0.05) is 24.5 Å². The third kappa shape index (κ3) is 2.11. The maximum absolute atomic E-state index is 11.2. The molecule has 0 aliphatic rings. The lowest BCUT2D eigenvalue weighted by atomic mass is 10.1. The second-order valence-electron chi connectivity index (χ2n) is 4.61. The van der Waals surface area contributed by atoms with Gasteiger partial charge in [-0.15, -0.1) is 0 Å². The summed E-state index contributed by atoms with van der Waals surface area (Å²) in [6.07, 6.45) is 1.87. The summed E-state index contributed by atoms with van der Waals surface area (Å²) in [7, 11) is 6.04. The molecule has 0 saturated heterocycles. The first-order chi connectivity index (χ1) is 8.15. The number of aromatic nitrogens is 1. The van der Waals surface area contributed by atoms with Crippen LogP contribution in [-0.2, 0) is 13.5 Å². The Morgan fingerprint density at radius 2 is 2.00 bits per heavy atom. The van der Waals surface area contributed by atoms with E-state index in [4.69, 9.17) is 0 Å². The summed E-state index contributed by atoms with van der Waals surface area (Å²) in [5.74, 6) is 0. The van der Waals surface area contributed by atoms with Gasteiger partial charge < -0.3 is 9.47 Å². The lowest BCUT2D eigenvalue weighted by Gasteiger charge is -2.09. The Hall–Kier alpha value is -1.61. The van der Waals surface area contributed by atoms with Gasteiger partial charge in [-0.05, 0) is 32.1 Å². The van der Waals surface area contributed by atoms with Crippen molar-refractivity contribution in [1.29, 1.82) is 0 Å². The van der Waals surface area contributed by atoms with E-state index in [1.807, 2.05) is 37.8 Å². The molecule has 1 heterocycles. The van der Waals surface area contributed by atoms with Crippen molar-refractivity contribution >= 4 is 17.2 Å². The highest BCUT2D eigenvalue weighted by Crippen LogP contribution is 2.24. The molecule has 90 valence electrons. The monoisotopic (exact) mass is 230 g/mol. The highest BCUT2D eigenvalue weighted by atomic mass is 16.1. The topological polar surface area (TPSA) is 25.2 Å². The van der Waals surface area contributed by atoms with Gasteiger partial charge in [-0.2, -0.15) is 0 Å². The molecule has 0 spiro atoms. The lowest BCUT2D eigenvalue weighted by molar-refractivity contribution is 0.111. The van der Waals surface area contributed by atoms with Crippen molar-refractivity contribution < 1.29 is 4.79 Å². The normalized spacial score (nSPS) is 11.3. The average molecular weight is 230 g/mol. The summed E-state index contributed by atoms with van der Waals surface area (Å²) in [5.41, 5.74) is 3.09. The highest BCUT2D eigenvalue weighted by Gasteiger charge is 2.13. The van der Waals surface area contributed by atoms with Crippen LogP contribution >= 0.6 is 0 Å². The molecular weight excluding hydrogens is 212 g/mol. The number of para-hydroxylation sites is 1. The molecule has 2 rings (SSSR count). The smallest absolute Gasteiger partial charge is 0.166 e. The zero-order valence-electron chi connectivity index (χ0n) is 10.6. The van der Waals surface area contributed by atoms with Gasteiger partial charge in [-0.25, -0.2) is 0 Å². The fourth-order valence-corrected chi connectivity index (χ4v) is 2.24. The van der Waals surface area contributed by atoms with Crippen LogP contribution in [0.15, 0.2) is 24.3 Å². The predicted molar refractivity (Wildman–Crippen MR) is 70.6 cm³/mol. The molecule has 0 radical (unpaired) electrons. The molecule has 0 aliphatic carbocycles. The molecule has 3 heteroatoms. The minimum absolute atomic E-state index is 0.799. The number of fused-ring (bicyclic) bond motifs is 1. The van der Waals surface area contributed by atoms with Gasteiger partial charge in [0.1, 0.15) is 0 Å². The molecule has 0 amide bonds. The molecule has 0 bridgehead atoms. The van der Waals surface area contributed by atoms with Crippen molar-refractivity contribution in [2.75, 3.05) is 20.6 Å². The number of carbonyl (C=O) groups is 1. The minimum Gasteiger partial charge on any atom is -0.341 e. The lowest BCUT2D eigenvalue weighted by Crippen LogP contribution is -2.15. The maximum Gasteiger partial charge on any atom is 0.166 e. The van der Waals surface area contributed by atoms with Crippen LogP contribution in [0.2, 0.25) is 0 Å². The molecule has 0 fully saturated rings. The minimum atomic E-state index is 0.799. The molecule has 0 unspecified atom stereocenters. The van der Waals surface area contributed by atoms with Crippen LogP contribution in [0.4, 0.5) is 0 Å². The third-order valence-corrected chi connectivity index (χ3v) is 3.18. The van der Waals surface area contributed by atoms with Crippen molar-refractivity contribution in [2.45, 2.75) is 6.42 Å². The summed E-state index contributed by atoms with van der Waals surface area (Å²) in [6.45, 7) is 0.953. The summed E-state index contributed by atoms with van der Waals surface area (Å²) in [4.78, 5) is 13.4. The largest absolute Gasteiger partial charge is 0.341 e. The Bertz CT molecular complexity index is 540. The molecule has 0 N–H and O–H groups in total. The summed E-state index contributed by atoms with van der Waals surface area (Å²) < 4.78 is 1.98. The van der Waals surface area contributed by atoms with Crippen LogP contribution < -0.4 is 0 Å². The van der Waals surface area contributed by atoms with Crippen LogP contribution in [0.25, 0.3) is 10.9 Å². The fourth-order valence-electron chi connectivity index (χ4n) is 2.24. The van der Waals surface area contributed by atoms with Gasteiger partial charge in [-0.1, -0.05) is 18.2 Å². The van der Waals surface area contributed by atoms with Crippen LogP contribution in [0, 0.1) is 0 Å². The first-order valence-electron chi connectivity index (χ1n) is 5.81. The van der Waals surface area contributed by atoms with E-state index in [9.17, 15) is 4.79 Å². The van der Waals surface area contributed by atoms with Crippen LogP contribution in [0.5, 0.6) is 0 Å². The molecule has 0 aliphatic heterocycles. The first kappa shape index (κ1) is 11.9. The first-order valence-corrected chi connectivity index (χ1v) is 5.81. The van der Waals surface area contributed by atoms with E-state index in [2.05, 4.69) is 17.0 Å². The van der Waals surface area contributed by atoms with Crippen molar-refractivity contribution in [3.63, 3.8) is 0 Å². The van der Waals surface area contributed by atoms with Gasteiger partial charge in [0.2, 0.25) is 0 Å². The van der Waals surface area contributed by atoms with Gasteiger partial charge in [0.15, 0.2) is 6.29 Å². The third-order valence-electron chi connectivity index (χ3n) is 3.18. The van der Waals surface area contributed by atoms with Gasteiger partial charge in [-0.3, -0.25) is 4.79 Å². The van der Waals surface area contributed by atoms with Crippen molar-refractivity contribution in [2.24, 2.45) is 7.05 Å². The fraction of sp³-hybridized carbons (Fsp3) is 0.357. The van der Waals surface area contributed by atoms with Gasteiger partial charge >= 0.3 is 0 Å². The zero-order valence-corrected chi connectivity index (χ0v) is 10.6. The quantitative estimate of drug-likeness (QED) is 0.751. The van der Waals surface area contributed by atoms with Crippen molar-refractivity contribution in [3.8, 4) is 0 Å². The number of likely N-dealkylation sites (N-methyl/N-ethyl adjacent to an activating group) is 1. The second-order valence-corrected chi connectivity index (χ2v) is 4.61. The molecule has 0 saturated carbocycles. The van der Waals surface area contributed by atoms with E-state index < -0.39 is 0 Å². The molecule has 1 aromatic carbocycles. The Labute approximate surface area is 102 Å². The number of carbonyl (C=O) groups excluding carboxylic acids is 1. The number of aldehydes is 1. The van der Waals surface area contributed by atoms with E-state index >= 15 is 0 Å². The SMILES string of the molecule is CN(C)CCc1c(C=O)n(C)c2ccccc12. The number of rotatable bonds is 4. The Morgan fingerprint density at radius 3 is 2.65 bits per heavy atom. The van der Waals surface area contributed by atoms with Crippen LogP contribution in [0.3, 0.4) is 0 Å². The number of nitrogens with zero attached hydrogens (tertiary/aromatic N) is 2. The Balaban J connectivity index is 2.54. The standard InChI is InChI=1S/C14H18N2O/c1-15(2)9-8-12-11-6-4-5-7-13(11)16(3)14(12)10-17/h4-7,10H,8-9H2,1-3H3. The number of hydrogen-bond acceptors (Lipinski definition) is 2. The molecule has 0 atom stereocenters. The maximum atomic E-state index is 11.2. The molecular formula is C14H18N2O. The number of benzene rings is 1. The average Bonchev–Trinajstić information content (AvgIpc) is 2.60. The van der Waals surface area contributed by atoms with E-state index in [1.54, 1.807) is 0 Å². The van der Waals surface area contributed by atoms with Gasteiger partial charge in [0.25, 0.3) is 0 Å². The molecule has 17 heavy (non-hydrogen) atoms. The van der Waals surface area contributed by atoms with E-state index in [1.165, 1.54) is 5.39 Å². The van der Waals surface area contributed by atoms with Crippen molar-refractivity contribution in [1.82, 2.24) is 9.47 Å².